The molecule has 0 saturated heterocycles. The minimum absolute atomic E-state index is 0.0291. The summed E-state index contributed by atoms with van der Waals surface area (Å²) in [7, 11) is 0. The highest BCUT2D eigenvalue weighted by Gasteiger charge is 2.20. The first kappa shape index (κ1) is 22.7. The number of hydrogen-bond donors (Lipinski definition) is 2. The lowest BCUT2D eigenvalue weighted by molar-refractivity contribution is 0.828. The first-order chi connectivity index (χ1) is 16.4. The fourth-order valence-electron chi connectivity index (χ4n) is 3.50. The number of rotatable bonds is 4. The lowest BCUT2D eigenvalue weighted by atomic mass is 10.00. The predicted molar refractivity (Wildman–Crippen MR) is 131 cm³/mol. The normalized spacial score (nSPS) is 11.3. The molecule has 0 aliphatic rings. The molecule has 1 aromatic carbocycles. The fraction of sp³-hybridized carbons (Fsp3) is 0.167. The SMILES string of the molecule is Cc1cc(-c2c(-c3cccc(C#N)c3)nn3ccc(NC(=NC(C)C)NC#N)nc23)cc(Cl)n1. The zero-order chi connectivity index (χ0) is 24.2. The van der Waals surface area contributed by atoms with E-state index in [0.29, 0.717) is 33.8 Å². The molecule has 34 heavy (non-hydrogen) atoms. The summed E-state index contributed by atoms with van der Waals surface area (Å²) in [6.45, 7) is 5.67. The zero-order valence-corrected chi connectivity index (χ0v) is 19.5. The Hall–Kier alpha value is -4.47. The minimum Gasteiger partial charge on any atom is -0.310 e. The number of aromatic nitrogens is 4. The van der Waals surface area contributed by atoms with Gasteiger partial charge in [0, 0.05) is 23.5 Å². The van der Waals surface area contributed by atoms with Crippen molar-refractivity contribution in [2.24, 2.45) is 4.99 Å². The van der Waals surface area contributed by atoms with E-state index in [1.165, 1.54) is 0 Å². The second-order valence-electron chi connectivity index (χ2n) is 7.75. The van der Waals surface area contributed by atoms with Gasteiger partial charge in [0.15, 0.2) is 11.8 Å². The summed E-state index contributed by atoms with van der Waals surface area (Å²) in [5.74, 6) is 0.769. The van der Waals surface area contributed by atoms with Crippen molar-refractivity contribution in [2.45, 2.75) is 26.8 Å². The van der Waals surface area contributed by atoms with Gasteiger partial charge in [0.2, 0.25) is 5.96 Å². The molecule has 0 amide bonds. The van der Waals surface area contributed by atoms with Gasteiger partial charge in [-0.25, -0.2) is 19.5 Å². The van der Waals surface area contributed by atoms with Gasteiger partial charge in [0.05, 0.1) is 17.2 Å². The van der Waals surface area contributed by atoms with Crippen LogP contribution in [0.3, 0.4) is 0 Å². The van der Waals surface area contributed by atoms with E-state index in [-0.39, 0.29) is 6.04 Å². The summed E-state index contributed by atoms with van der Waals surface area (Å²) in [6, 6.07) is 14.8. The monoisotopic (exact) mass is 469 g/mol. The van der Waals surface area contributed by atoms with Crippen LogP contribution in [0.5, 0.6) is 0 Å². The van der Waals surface area contributed by atoms with Crippen LogP contribution in [0.4, 0.5) is 5.82 Å². The molecule has 9 nitrogen and oxygen atoms in total. The van der Waals surface area contributed by atoms with Crippen molar-refractivity contribution >= 4 is 29.0 Å². The Kier molecular flexibility index (Phi) is 6.39. The predicted octanol–water partition coefficient (Wildman–Crippen LogP) is 4.54. The van der Waals surface area contributed by atoms with E-state index in [1.54, 1.807) is 35.0 Å². The highest BCUT2D eigenvalue weighted by atomic mass is 35.5. The van der Waals surface area contributed by atoms with Gasteiger partial charge in [-0.3, -0.25) is 5.32 Å². The fourth-order valence-corrected chi connectivity index (χ4v) is 3.75. The van der Waals surface area contributed by atoms with Crippen LogP contribution >= 0.6 is 11.6 Å². The lowest BCUT2D eigenvalue weighted by Crippen LogP contribution is -2.28. The Balaban J connectivity index is 1.94. The molecule has 2 N–H and O–H groups in total. The van der Waals surface area contributed by atoms with Gasteiger partial charge < -0.3 is 5.32 Å². The average molecular weight is 470 g/mol. The summed E-state index contributed by atoms with van der Waals surface area (Å²) in [5, 5.41) is 29.1. The number of aryl methyl sites for hydroxylation is 1. The van der Waals surface area contributed by atoms with Crippen molar-refractivity contribution in [3.8, 4) is 34.6 Å². The number of guanidine groups is 1. The van der Waals surface area contributed by atoms with Crippen molar-refractivity contribution in [3.63, 3.8) is 0 Å². The molecule has 0 unspecified atom stereocenters. The summed E-state index contributed by atoms with van der Waals surface area (Å²) in [4.78, 5) is 13.4. The number of nitrogens with zero attached hydrogens (tertiary/aromatic N) is 7. The van der Waals surface area contributed by atoms with E-state index in [0.717, 1.165) is 22.4 Å². The van der Waals surface area contributed by atoms with Crippen molar-refractivity contribution in [3.05, 3.63) is 65.1 Å². The van der Waals surface area contributed by atoms with Gasteiger partial charge in [-0.1, -0.05) is 23.7 Å². The van der Waals surface area contributed by atoms with E-state index in [1.807, 2.05) is 45.2 Å². The first-order valence-electron chi connectivity index (χ1n) is 10.4. The largest absolute Gasteiger partial charge is 0.310 e. The number of fused-ring (bicyclic) bond motifs is 1. The summed E-state index contributed by atoms with van der Waals surface area (Å²) in [6.07, 6.45) is 3.64. The van der Waals surface area contributed by atoms with Crippen LogP contribution in [0.1, 0.15) is 25.1 Å². The van der Waals surface area contributed by atoms with Gasteiger partial charge >= 0.3 is 0 Å². The Labute approximate surface area is 201 Å². The van der Waals surface area contributed by atoms with E-state index in [9.17, 15) is 5.26 Å². The van der Waals surface area contributed by atoms with Crippen LogP contribution in [0, 0.1) is 29.7 Å². The van der Waals surface area contributed by atoms with Gasteiger partial charge in [-0.05, 0) is 56.7 Å². The first-order valence-corrected chi connectivity index (χ1v) is 10.8. The van der Waals surface area contributed by atoms with Crippen LogP contribution in [0.2, 0.25) is 5.15 Å². The summed E-state index contributed by atoms with van der Waals surface area (Å²) < 4.78 is 1.66. The van der Waals surface area contributed by atoms with E-state index < -0.39 is 0 Å². The van der Waals surface area contributed by atoms with Crippen LogP contribution in [-0.2, 0) is 0 Å². The number of nitriles is 2. The third kappa shape index (κ3) is 4.80. The molecule has 0 saturated carbocycles. The molecule has 0 bridgehead atoms. The third-order valence-electron chi connectivity index (χ3n) is 4.77. The molecule has 4 aromatic rings. The third-order valence-corrected chi connectivity index (χ3v) is 4.96. The van der Waals surface area contributed by atoms with Crippen molar-refractivity contribution in [1.82, 2.24) is 24.9 Å². The Morgan fingerprint density at radius 1 is 1.12 bits per heavy atom. The van der Waals surface area contributed by atoms with E-state index in [2.05, 4.69) is 26.7 Å². The molecule has 0 spiro atoms. The minimum atomic E-state index is -0.0291. The van der Waals surface area contributed by atoms with Crippen LogP contribution in [0.15, 0.2) is 53.7 Å². The van der Waals surface area contributed by atoms with Gasteiger partial charge in [-0.15, -0.1) is 0 Å². The number of hydrogen-bond acceptors (Lipinski definition) is 6. The molecular formula is C24H20ClN9. The topological polar surface area (TPSA) is 127 Å². The highest BCUT2D eigenvalue weighted by Crippen LogP contribution is 2.36. The number of nitrogens with one attached hydrogen (secondary N) is 2. The number of aliphatic imine (C=N–C) groups is 1. The lowest BCUT2D eigenvalue weighted by Gasteiger charge is -2.09. The maximum atomic E-state index is 9.37. The van der Waals surface area contributed by atoms with Crippen LogP contribution < -0.4 is 10.6 Å². The molecule has 4 rings (SSSR count). The Morgan fingerprint density at radius 3 is 2.65 bits per heavy atom. The van der Waals surface area contributed by atoms with Gasteiger partial charge in [-0.2, -0.15) is 15.6 Å². The zero-order valence-electron chi connectivity index (χ0n) is 18.7. The van der Waals surface area contributed by atoms with Crippen LogP contribution in [0.25, 0.3) is 28.0 Å². The number of halogens is 1. The molecule has 0 radical (unpaired) electrons. The van der Waals surface area contributed by atoms with Gasteiger partial charge in [0.25, 0.3) is 0 Å². The summed E-state index contributed by atoms with van der Waals surface area (Å²) in [5.41, 5.74) is 4.78. The molecule has 0 aliphatic carbocycles. The summed E-state index contributed by atoms with van der Waals surface area (Å²) >= 11 is 6.28. The maximum Gasteiger partial charge on any atom is 0.210 e. The molecule has 168 valence electrons. The van der Waals surface area contributed by atoms with E-state index >= 15 is 0 Å². The number of benzene rings is 1. The average Bonchev–Trinajstić information content (AvgIpc) is 3.17. The smallest absolute Gasteiger partial charge is 0.210 e. The van der Waals surface area contributed by atoms with E-state index in [4.69, 9.17) is 26.9 Å². The molecule has 3 heterocycles. The van der Waals surface area contributed by atoms with Crippen molar-refractivity contribution < 1.29 is 0 Å². The van der Waals surface area contributed by atoms with Crippen LogP contribution in [-0.4, -0.2) is 31.6 Å². The van der Waals surface area contributed by atoms with Gasteiger partial charge in [0.1, 0.15) is 16.7 Å². The Bertz CT molecular complexity index is 1470. The molecular weight excluding hydrogens is 450 g/mol. The second-order valence-corrected chi connectivity index (χ2v) is 8.14. The molecule has 3 aromatic heterocycles. The van der Waals surface area contributed by atoms with Crippen molar-refractivity contribution in [2.75, 3.05) is 5.32 Å². The highest BCUT2D eigenvalue weighted by molar-refractivity contribution is 6.29. The maximum absolute atomic E-state index is 9.37. The number of anilines is 1. The van der Waals surface area contributed by atoms with Crippen molar-refractivity contribution in [1.29, 1.82) is 10.5 Å². The number of pyridine rings is 1. The molecule has 0 aliphatic heterocycles. The molecule has 0 atom stereocenters. The molecule has 10 heteroatoms. The molecule has 0 fully saturated rings. The standard InChI is InChI=1S/C24H20ClN9/c1-14(2)29-24(28-13-27)32-20-7-8-34-23(31-20)21(18-9-15(3)30-19(25)11-18)22(33-34)17-6-4-5-16(10-17)12-26/h4-11,14H,1-3H3,(H2,28,29,31,32). The Morgan fingerprint density at radius 2 is 1.94 bits per heavy atom. The quantitative estimate of drug-likeness (QED) is 0.148. The second kappa shape index (κ2) is 9.57.